The molecule has 3 aromatic carbocycles. The molecule has 0 unspecified atom stereocenters. The molecule has 1 heterocycles. The summed E-state index contributed by atoms with van der Waals surface area (Å²) in [4.78, 5) is 40.3. The van der Waals surface area contributed by atoms with Crippen molar-refractivity contribution in [2.24, 2.45) is 0 Å². The third kappa shape index (κ3) is 6.05. The van der Waals surface area contributed by atoms with Gasteiger partial charge in [-0.1, -0.05) is 31.0 Å². The molecule has 1 aliphatic heterocycles. The third-order valence-corrected chi connectivity index (χ3v) is 6.64. The Labute approximate surface area is 237 Å². The number of nitrogens with one attached hydrogen (secondary N) is 2. The number of anilines is 3. The van der Waals surface area contributed by atoms with Crippen LogP contribution in [0.3, 0.4) is 0 Å². The van der Waals surface area contributed by atoms with Gasteiger partial charge in [0.05, 0.1) is 26.5 Å². The first-order valence-electron chi connectivity index (χ1n) is 12.7. The number of amides is 3. The maximum Gasteiger partial charge on any atom is 0.283 e. The summed E-state index contributed by atoms with van der Waals surface area (Å²) < 4.78 is 16.2. The van der Waals surface area contributed by atoms with E-state index in [9.17, 15) is 14.4 Å². The van der Waals surface area contributed by atoms with E-state index in [-0.39, 0.29) is 28.1 Å². The summed E-state index contributed by atoms with van der Waals surface area (Å²) in [5.74, 6) is -0.210. The quantitative estimate of drug-likeness (QED) is 0.222. The number of rotatable bonds is 11. The third-order valence-electron chi connectivity index (χ3n) is 6.29. The molecule has 0 aromatic heterocycles. The molecule has 0 bridgehead atoms. The SMILES string of the molecule is CCCCOc1ccc(NC(=O)c2ccc(C)c(NC3=C(Cl)C(=O)N(c4ccc(OC)cc4OC)C3=O)c2)cc1. The van der Waals surface area contributed by atoms with Gasteiger partial charge in [-0.2, -0.15) is 0 Å². The molecule has 0 fully saturated rings. The molecule has 0 aliphatic carbocycles. The van der Waals surface area contributed by atoms with E-state index in [1.807, 2.05) is 0 Å². The summed E-state index contributed by atoms with van der Waals surface area (Å²) in [7, 11) is 2.92. The van der Waals surface area contributed by atoms with Crippen LogP contribution in [0.4, 0.5) is 17.1 Å². The Hall–Kier alpha value is -4.50. The topological polar surface area (TPSA) is 106 Å². The zero-order valence-corrected chi connectivity index (χ0v) is 23.4. The summed E-state index contributed by atoms with van der Waals surface area (Å²) in [5.41, 5.74) is 2.25. The van der Waals surface area contributed by atoms with E-state index in [0.717, 1.165) is 29.1 Å². The van der Waals surface area contributed by atoms with Crippen molar-refractivity contribution in [3.8, 4) is 17.2 Å². The van der Waals surface area contributed by atoms with Gasteiger partial charge < -0.3 is 24.8 Å². The second-order valence-corrected chi connectivity index (χ2v) is 9.39. The number of carbonyl (C=O) groups is 3. The lowest BCUT2D eigenvalue weighted by molar-refractivity contribution is -0.120. The average Bonchev–Trinajstić information content (AvgIpc) is 3.17. The van der Waals surface area contributed by atoms with E-state index in [1.165, 1.54) is 14.2 Å². The molecule has 3 aromatic rings. The summed E-state index contributed by atoms with van der Waals surface area (Å²) in [6, 6.07) is 16.9. The fraction of sp³-hybridized carbons (Fsp3) is 0.233. The number of carbonyl (C=O) groups excluding carboxylic acids is 3. The monoisotopic (exact) mass is 563 g/mol. The van der Waals surface area contributed by atoms with Gasteiger partial charge in [-0.05, 0) is 67.4 Å². The number of ether oxygens (including phenoxy) is 3. The molecule has 2 N–H and O–H groups in total. The van der Waals surface area contributed by atoms with Gasteiger partial charge in [0.25, 0.3) is 17.7 Å². The lowest BCUT2D eigenvalue weighted by Crippen LogP contribution is -2.32. The van der Waals surface area contributed by atoms with Crippen molar-refractivity contribution < 1.29 is 28.6 Å². The fourth-order valence-electron chi connectivity index (χ4n) is 4.00. The van der Waals surface area contributed by atoms with Crippen LogP contribution in [0, 0.1) is 6.92 Å². The molecule has 208 valence electrons. The van der Waals surface area contributed by atoms with Crippen molar-refractivity contribution in [1.82, 2.24) is 0 Å². The molecule has 0 saturated heterocycles. The molecule has 9 nitrogen and oxygen atoms in total. The van der Waals surface area contributed by atoms with Gasteiger partial charge in [-0.15, -0.1) is 0 Å². The van der Waals surface area contributed by atoms with Crippen molar-refractivity contribution in [2.75, 3.05) is 36.4 Å². The Morgan fingerprint density at radius 2 is 1.65 bits per heavy atom. The van der Waals surface area contributed by atoms with Crippen LogP contribution >= 0.6 is 11.6 Å². The highest BCUT2D eigenvalue weighted by Crippen LogP contribution is 2.38. The van der Waals surface area contributed by atoms with E-state index in [1.54, 1.807) is 67.6 Å². The van der Waals surface area contributed by atoms with Crippen LogP contribution in [0.2, 0.25) is 0 Å². The standard InChI is InChI=1S/C30H30ClN3O6/c1-5-6-15-40-21-11-9-20(10-12-21)32-28(35)19-8-7-18(2)23(16-19)33-27-26(31)29(36)34(30(27)37)24-14-13-22(38-3)17-25(24)39-4/h7-14,16-17,33H,5-6,15H2,1-4H3,(H,32,35). The number of halogens is 1. The summed E-state index contributed by atoms with van der Waals surface area (Å²) in [6.45, 7) is 4.54. The van der Waals surface area contributed by atoms with E-state index >= 15 is 0 Å². The lowest BCUT2D eigenvalue weighted by Gasteiger charge is -2.19. The Bertz CT molecular complexity index is 1470. The average molecular weight is 564 g/mol. The van der Waals surface area contributed by atoms with Crippen molar-refractivity contribution in [1.29, 1.82) is 0 Å². The highest BCUT2D eigenvalue weighted by Gasteiger charge is 2.40. The number of unbranched alkanes of at least 4 members (excludes halogenated alkanes) is 1. The van der Waals surface area contributed by atoms with Gasteiger partial charge in [0.15, 0.2) is 0 Å². The molecule has 40 heavy (non-hydrogen) atoms. The molecule has 0 atom stereocenters. The lowest BCUT2D eigenvalue weighted by atomic mass is 10.1. The molecule has 1 aliphatic rings. The molecule has 4 rings (SSSR count). The van der Waals surface area contributed by atoms with Crippen molar-refractivity contribution in [2.45, 2.75) is 26.7 Å². The van der Waals surface area contributed by atoms with Gasteiger partial charge in [0, 0.05) is 23.0 Å². The van der Waals surface area contributed by atoms with Crippen LogP contribution in [0.1, 0.15) is 35.7 Å². The van der Waals surface area contributed by atoms with Gasteiger partial charge in [0.2, 0.25) is 0 Å². The van der Waals surface area contributed by atoms with Crippen LogP contribution in [0.25, 0.3) is 0 Å². The maximum absolute atomic E-state index is 13.4. The number of hydrogen-bond acceptors (Lipinski definition) is 7. The van der Waals surface area contributed by atoms with Crippen molar-refractivity contribution >= 4 is 46.4 Å². The zero-order valence-electron chi connectivity index (χ0n) is 22.7. The minimum atomic E-state index is -0.702. The fourth-order valence-corrected chi connectivity index (χ4v) is 4.22. The first-order valence-corrected chi connectivity index (χ1v) is 13.1. The minimum Gasteiger partial charge on any atom is -0.497 e. The summed E-state index contributed by atoms with van der Waals surface area (Å²) >= 11 is 6.34. The predicted octanol–water partition coefficient (Wildman–Crippen LogP) is 5.88. The van der Waals surface area contributed by atoms with Gasteiger partial charge >= 0.3 is 0 Å². The molecular weight excluding hydrogens is 534 g/mol. The molecule has 0 saturated carbocycles. The normalized spacial score (nSPS) is 13.0. The number of benzene rings is 3. The number of nitrogens with zero attached hydrogens (tertiary/aromatic N) is 1. The molecule has 0 radical (unpaired) electrons. The van der Waals surface area contributed by atoms with E-state index in [0.29, 0.717) is 29.3 Å². The van der Waals surface area contributed by atoms with Crippen LogP contribution in [-0.2, 0) is 9.59 Å². The number of hydrogen-bond donors (Lipinski definition) is 2. The van der Waals surface area contributed by atoms with Crippen LogP contribution in [-0.4, -0.2) is 38.5 Å². The van der Waals surface area contributed by atoms with E-state index in [4.69, 9.17) is 25.8 Å². The van der Waals surface area contributed by atoms with Crippen LogP contribution in [0.15, 0.2) is 71.4 Å². The summed E-state index contributed by atoms with van der Waals surface area (Å²) in [6.07, 6.45) is 2.02. The van der Waals surface area contributed by atoms with Crippen LogP contribution < -0.4 is 29.7 Å². The highest BCUT2D eigenvalue weighted by molar-refractivity contribution is 6.53. The molecule has 10 heteroatoms. The number of imide groups is 1. The number of methoxy groups -OCH3 is 2. The zero-order chi connectivity index (χ0) is 28.8. The van der Waals surface area contributed by atoms with Gasteiger partial charge in [-0.25, -0.2) is 4.90 Å². The Kier molecular flexibility index (Phi) is 8.96. The highest BCUT2D eigenvalue weighted by atomic mass is 35.5. The van der Waals surface area contributed by atoms with Gasteiger partial charge in [0.1, 0.15) is 28.0 Å². The first kappa shape index (κ1) is 28.5. The van der Waals surface area contributed by atoms with Gasteiger partial charge in [-0.3, -0.25) is 14.4 Å². The van der Waals surface area contributed by atoms with Crippen molar-refractivity contribution in [3.63, 3.8) is 0 Å². The second-order valence-electron chi connectivity index (χ2n) is 9.01. The van der Waals surface area contributed by atoms with Crippen molar-refractivity contribution in [3.05, 3.63) is 82.5 Å². The molecule has 0 spiro atoms. The van der Waals surface area contributed by atoms with Crippen LogP contribution in [0.5, 0.6) is 17.2 Å². The molecule has 3 amide bonds. The maximum atomic E-state index is 13.4. The predicted molar refractivity (Wildman–Crippen MR) is 155 cm³/mol. The van der Waals surface area contributed by atoms with E-state index < -0.39 is 11.8 Å². The Balaban J connectivity index is 1.51. The Morgan fingerprint density at radius 3 is 2.33 bits per heavy atom. The smallest absolute Gasteiger partial charge is 0.283 e. The second kappa shape index (κ2) is 12.6. The number of aryl methyl sites for hydroxylation is 1. The minimum absolute atomic E-state index is 0.108. The summed E-state index contributed by atoms with van der Waals surface area (Å²) in [5, 5.41) is 5.54. The first-order chi connectivity index (χ1) is 19.3. The molecular formula is C30H30ClN3O6. The Morgan fingerprint density at radius 1 is 0.925 bits per heavy atom. The van der Waals surface area contributed by atoms with E-state index in [2.05, 4.69) is 17.6 Å². The largest absolute Gasteiger partial charge is 0.497 e.